The van der Waals surface area contributed by atoms with E-state index in [1.165, 1.54) is 103 Å². The topological polar surface area (TPSA) is 32.3 Å². The second-order valence-electron chi connectivity index (χ2n) is 7.76. The Hall–Kier alpha value is -0.0800. The van der Waals surface area contributed by atoms with Crippen molar-refractivity contribution in [2.75, 3.05) is 6.54 Å². The van der Waals surface area contributed by atoms with Gasteiger partial charge in [0.2, 0.25) is 0 Å². The summed E-state index contributed by atoms with van der Waals surface area (Å²) in [5.74, 6) is 0. The number of nitrogens with one attached hydrogen (secondary N) is 1. The first-order valence-corrected chi connectivity index (χ1v) is 10.7. The minimum absolute atomic E-state index is 0.547. The second kappa shape index (κ2) is 14.3. The molecule has 0 aliphatic heterocycles. The summed E-state index contributed by atoms with van der Waals surface area (Å²) in [6.07, 6.45) is 23.6. The van der Waals surface area contributed by atoms with Gasteiger partial charge >= 0.3 is 0 Å². The van der Waals surface area contributed by atoms with Crippen LogP contribution in [0.5, 0.6) is 0 Å². The molecule has 2 heteroatoms. The van der Waals surface area contributed by atoms with E-state index in [2.05, 4.69) is 12.2 Å². The van der Waals surface area contributed by atoms with Gasteiger partial charge in [-0.3, -0.25) is 5.32 Å². The maximum Gasteiger partial charge on any atom is 0.116 e. The molecular formula is C21H43NO. The molecule has 0 unspecified atom stereocenters. The van der Waals surface area contributed by atoms with Crippen molar-refractivity contribution in [2.45, 2.75) is 128 Å². The van der Waals surface area contributed by atoms with Gasteiger partial charge in [-0.15, -0.1) is 0 Å². The standard InChI is InChI=1S/C21H43NO/c1-2-3-4-5-6-7-8-9-10-11-14-17-20-22-21(23)18-15-12-13-16-19-21/h22-23H,2-20H2,1H3. The minimum atomic E-state index is -0.547. The maximum absolute atomic E-state index is 10.5. The lowest BCUT2D eigenvalue weighted by molar-refractivity contribution is -0.00906. The van der Waals surface area contributed by atoms with Gasteiger partial charge in [-0.05, 0) is 38.6 Å². The number of hydrogen-bond donors (Lipinski definition) is 2. The number of unbranched alkanes of at least 4 members (excludes halogenated alkanes) is 11. The van der Waals surface area contributed by atoms with Crippen LogP contribution in [0.15, 0.2) is 0 Å². The van der Waals surface area contributed by atoms with Crippen molar-refractivity contribution in [1.29, 1.82) is 0 Å². The van der Waals surface area contributed by atoms with Crippen LogP contribution in [0.4, 0.5) is 0 Å². The highest BCUT2D eigenvalue weighted by atomic mass is 16.3. The molecule has 0 saturated heterocycles. The van der Waals surface area contributed by atoms with Crippen molar-refractivity contribution in [1.82, 2.24) is 5.32 Å². The Morgan fingerprint density at radius 3 is 1.57 bits per heavy atom. The van der Waals surface area contributed by atoms with Crippen molar-refractivity contribution in [2.24, 2.45) is 0 Å². The van der Waals surface area contributed by atoms with E-state index < -0.39 is 5.72 Å². The van der Waals surface area contributed by atoms with E-state index >= 15 is 0 Å². The lowest BCUT2D eigenvalue weighted by atomic mass is 10.0. The predicted octanol–water partition coefficient (Wildman–Crippen LogP) is 6.32. The average molecular weight is 326 g/mol. The molecule has 0 aromatic rings. The fourth-order valence-electron chi connectivity index (χ4n) is 3.78. The SMILES string of the molecule is CCCCCCCCCCCCCCNC1(O)CCCCCC1. The van der Waals surface area contributed by atoms with Crippen molar-refractivity contribution >= 4 is 0 Å². The van der Waals surface area contributed by atoms with E-state index in [0.717, 1.165) is 19.4 Å². The summed E-state index contributed by atoms with van der Waals surface area (Å²) in [4.78, 5) is 0. The highest BCUT2D eigenvalue weighted by Gasteiger charge is 2.26. The van der Waals surface area contributed by atoms with E-state index in [1.54, 1.807) is 0 Å². The van der Waals surface area contributed by atoms with E-state index in [1.807, 2.05) is 0 Å². The van der Waals surface area contributed by atoms with Gasteiger partial charge in [0.15, 0.2) is 0 Å². The molecule has 1 fully saturated rings. The Kier molecular flexibility index (Phi) is 13.0. The van der Waals surface area contributed by atoms with Crippen LogP contribution >= 0.6 is 0 Å². The Labute approximate surface area is 145 Å². The van der Waals surface area contributed by atoms with Crippen LogP contribution in [-0.4, -0.2) is 17.4 Å². The molecule has 0 heterocycles. The summed E-state index contributed by atoms with van der Waals surface area (Å²) < 4.78 is 0. The fraction of sp³-hybridized carbons (Fsp3) is 1.00. The Balaban J connectivity index is 1.81. The average Bonchev–Trinajstić information content (AvgIpc) is 2.77. The zero-order chi connectivity index (χ0) is 16.6. The van der Waals surface area contributed by atoms with E-state index in [4.69, 9.17) is 0 Å². The number of rotatable bonds is 14. The highest BCUT2D eigenvalue weighted by molar-refractivity contribution is 4.78. The van der Waals surface area contributed by atoms with Gasteiger partial charge in [-0.1, -0.05) is 90.4 Å². The van der Waals surface area contributed by atoms with Crippen LogP contribution in [-0.2, 0) is 0 Å². The molecule has 2 nitrogen and oxygen atoms in total. The maximum atomic E-state index is 10.5. The Morgan fingerprint density at radius 1 is 0.652 bits per heavy atom. The molecule has 0 aromatic carbocycles. The number of hydrogen-bond acceptors (Lipinski definition) is 2. The number of aliphatic hydroxyl groups is 1. The molecule has 0 bridgehead atoms. The molecule has 138 valence electrons. The molecule has 0 atom stereocenters. The van der Waals surface area contributed by atoms with Crippen molar-refractivity contribution in [3.05, 3.63) is 0 Å². The third-order valence-corrected chi connectivity index (χ3v) is 5.42. The highest BCUT2D eigenvalue weighted by Crippen LogP contribution is 2.24. The van der Waals surface area contributed by atoms with E-state index in [0.29, 0.717) is 0 Å². The molecule has 0 spiro atoms. The van der Waals surface area contributed by atoms with Crippen LogP contribution in [0.3, 0.4) is 0 Å². The molecule has 2 N–H and O–H groups in total. The third kappa shape index (κ3) is 12.0. The Bertz CT molecular complexity index is 246. The molecule has 1 aliphatic rings. The van der Waals surface area contributed by atoms with Gasteiger partial charge in [0.25, 0.3) is 0 Å². The molecule has 0 radical (unpaired) electrons. The monoisotopic (exact) mass is 325 g/mol. The Morgan fingerprint density at radius 2 is 1.09 bits per heavy atom. The minimum Gasteiger partial charge on any atom is -0.376 e. The zero-order valence-corrected chi connectivity index (χ0v) is 15.9. The summed E-state index contributed by atoms with van der Waals surface area (Å²) in [5, 5.41) is 13.9. The van der Waals surface area contributed by atoms with Gasteiger partial charge in [0.1, 0.15) is 5.72 Å². The predicted molar refractivity (Wildman–Crippen MR) is 102 cm³/mol. The normalized spacial score (nSPS) is 18.0. The lowest BCUT2D eigenvalue weighted by Gasteiger charge is -2.28. The van der Waals surface area contributed by atoms with Crippen molar-refractivity contribution in [3.8, 4) is 0 Å². The molecular weight excluding hydrogens is 282 g/mol. The summed E-state index contributed by atoms with van der Waals surface area (Å²) in [6, 6.07) is 0. The van der Waals surface area contributed by atoms with Crippen molar-refractivity contribution < 1.29 is 5.11 Å². The van der Waals surface area contributed by atoms with Gasteiger partial charge < -0.3 is 5.11 Å². The van der Waals surface area contributed by atoms with Crippen LogP contribution in [0.2, 0.25) is 0 Å². The lowest BCUT2D eigenvalue weighted by Crippen LogP contribution is -2.45. The first-order valence-electron chi connectivity index (χ1n) is 10.7. The van der Waals surface area contributed by atoms with Gasteiger partial charge in [-0.2, -0.15) is 0 Å². The van der Waals surface area contributed by atoms with Gasteiger partial charge in [-0.25, -0.2) is 0 Å². The largest absolute Gasteiger partial charge is 0.376 e. The first kappa shape index (κ1) is 21.0. The van der Waals surface area contributed by atoms with Crippen molar-refractivity contribution in [3.63, 3.8) is 0 Å². The van der Waals surface area contributed by atoms with Crippen LogP contribution in [0.1, 0.15) is 122 Å². The summed E-state index contributed by atoms with van der Waals surface area (Å²) in [6.45, 7) is 3.28. The molecule has 1 aliphatic carbocycles. The van der Waals surface area contributed by atoms with Crippen LogP contribution in [0, 0.1) is 0 Å². The summed E-state index contributed by atoms with van der Waals surface area (Å²) in [7, 11) is 0. The second-order valence-corrected chi connectivity index (χ2v) is 7.76. The van der Waals surface area contributed by atoms with Gasteiger partial charge in [0, 0.05) is 0 Å². The quantitative estimate of drug-likeness (QED) is 0.222. The molecule has 23 heavy (non-hydrogen) atoms. The van der Waals surface area contributed by atoms with Crippen LogP contribution < -0.4 is 5.32 Å². The summed E-state index contributed by atoms with van der Waals surface area (Å²) in [5.41, 5.74) is -0.547. The molecule has 1 saturated carbocycles. The zero-order valence-electron chi connectivity index (χ0n) is 15.9. The smallest absolute Gasteiger partial charge is 0.116 e. The molecule has 0 aromatic heterocycles. The summed E-state index contributed by atoms with van der Waals surface area (Å²) >= 11 is 0. The molecule has 0 amide bonds. The van der Waals surface area contributed by atoms with Gasteiger partial charge in [0.05, 0.1) is 0 Å². The van der Waals surface area contributed by atoms with Crippen LogP contribution in [0.25, 0.3) is 0 Å². The fourth-order valence-corrected chi connectivity index (χ4v) is 3.78. The van der Waals surface area contributed by atoms with E-state index in [9.17, 15) is 5.11 Å². The third-order valence-electron chi connectivity index (χ3n) is 5.42. The first-order chi connectivity index (χ1) is 11.3. The molecule has 1 rings (SSSR count). The van der Waals surface area contributed by atoms with E-state index in [-0.39, 0.29) is 0 Å².